The molecule has 1 saturated carbocycles. The van der Waals surface area contributed by atoms with E-state index in [2.05, 4.69) is 30.6 Å². The molecule has 1 aromatic carbocycles. The Kier molecular flexibility index (Phi) is 4.59. The van der Waals surface area contributed by atoms with Crippen molar-refractivity contribution in [2.75, 3.05) is 0 Å². The number of rotatable bonds is 3. The highest BCUT2D eigenvalue weighted by Gasteiger charge is 2.20. The van der Waals surface area contributed by atoms with Gasteiger partial charge in [0.1, 0.15) is 0 Å². The number of nitriles is 1. The molecule has 0 spiro atoms. The van der Waals surface area contributed by atoms with Crippen molar-refractivity contribution in [1.29, 1.82) is 5.26 Å². The van der Waals surface area contributed by atoms with Crippen molar-refractivity contribution in [2.24, 2.45) is 0 Å². The van der Waals surface area contributed by atoms with Crippen molar-refractivity contribution in [3.63, 3.8) is 0 Å². The summed E-state index contributed by atoms with van der Waals surface area (Å²) in [4.78, 5) is 0. The van der Waals surface area contributed by atoms with Gasteiger partial charge >= 0.3 is 0 Å². The van der Waals surface area contributed by atoms with Crippen LogP contribution in [0.1, 0.15) is 54.2 Å². The molecule has 0 unspecified atom stereocenters. The maximum absolute atomic E-state index is 9.53. The minimum absolute atomic E-state index is 0.623. The van der Waals surface area contributed by atoms with Gasteiger partial charge in [-0.3, -0.25) is 0 Å². The molecule has 118 valence electrons. The van der Waals surface area contributed by atoms with Gasteiger partial charge in [0, 0.05) is 22.5 Å². The molecule has 0 amide bonds. The van der Waals surface area contributed by atoms with E-state index in [4.69, 9.17) is 11.6 Å². The predicted molar refractivity (Wildman–Crippen MR) is 96.3 cm³/mol. The third-order valence-corrected chi connectivity index (χ3v) is 5.04. The molecule has 0 atom stereocenters. The summed E-state index contributed by atoms with van der Waals surface area (Å²) < 4.78 is 2.45. The molecule has 0 N–H and O–H groups in total. The monoisotopic (exact) mass is 324 g/mol. The summed E-state index contributed by atoms with van der Waals surface area (Å²) in [6, 6.07) is 12.6. The first-order valence-corrected chi connectivity index (χ1v) is 8.54. The maximum Gasteiger partial charge on any atom is 0.0998 e. The van der Waals surface area contributed by atoms with Crippen molar-refractivity contribution in [2.45, 2.75) is 45.6 Å². The van der Waals surface area contributed by atoms with E-state index in [1.165, 1.54) is 37.1 Å². The number of halogens is 1. The SMILES string of the molecule is Cc1cc(/C=C(/C#N)c2ccc(Cl)cc2)c(C)n1C1CCCC1. The Hall–Kier alpha value is -1.98. The first kappa shape index (κ1) is 15.9. The number of aryl methyl sites for hydroxylation is 1. The molecule has 2 nitrogen and oxygen atoms in total. The molecule has 1 aromatic heterocycles. The molecule has 0 aliphatic heterocycles. The average Bonchev–Trinajstić information content (AvgIpc) is 3.14. The lowest BCUT2D eigenvalue weighted by molar-refractivity contribution is 0.500. The first-order chi connectivity index (χ1) is 11.1. The second kappa shape index (κ2) is 6.64. The number of allylic oxidation sites excluding steroid dienone is 1. The summed E-state index contributed by atoms with van der Waals surface area (Å²) in [5.41, 5.74) is 5.27. The summed E-state index contributed by atoms with van der Waals surface area (Å²) in [5.74, 6) is 0. The molecule has 1 aliphatic rings. The molecule has 0 bridgehead atoms. The van der Waals surface area contributed by atoms with Crippen LogP contribution in [-0.2, 0) is 0 Å². The van der Waals surface area contributed by atoms with Gasteiger partial charge in [-0.1, -0.05) is 36.6 Å². The van der Waals surface area contributed by atoms with Gasteiger partial charge < -0.3 is 4.57 Å². The Morgan fingerprint density at radius 2 is 1.87 bits per heavy atom. The van der Waals surface area contributed by atoms with E-state index in [1.807, 2.05) is 30.3 Å². The first-order valence-electron chi connectivity index (χ1n) is 8.16. The van der Waals surface area contributed by atoms with Gasteiger partial charge in [-0.05, 0) is 62.1 Å². The highest BCUT2D eigenvalue weighted by molar-refractivity contribution is 6.30. The molecular formula is C20H21ClN2. The molecular weight excluding hydrogens is 304 g/mol. The number of benzene rings is 1. The van der Waals surface area contributed by atoms with Crippen molar-refractivity contribution in [3.8, 4) is 6.07 Å². The third kappa shape index (κ3) is 3.21. The van der Waals surface area contributed by atoms with Crippen LogP contribution in [0.5, 0.6) is 0 Å². The van der Waals surface area contributed by atoms with Crippen molar-refractivity contribution < 1.29 is 0 Å². The number of aromatic nitrogens is 1. The van der Waals surface area contributed by atoms with E-state index in [0.717, 1.165) is 11.1 Å². The number of hydrogen-bond donors (Lipinski definition) is 0. The Morgan fingerprint density at radius 3 is 2.48 bits per heavy atom. The van der Waals surface area contributed by atoms with Crippen LogP contribution in [0.3, 0.4) is 0 Å². The van der Waals surface area contributed by atoms with Gasteiger partial charge in [-0.2, -0.15) is 5.26 Å². The average molecular weight is 325 g/mol. The van der Waals surface area contributed by atoms with Gasteiger partial charge in [0.15, 0.2) is 0 Å². The fourth-order valence-corrected chi connectivity index (χ4v) is 3.76. The lowest BCUT2D eigenvalue weighted by Gasteiger charge is -2.17. The molecule has 1 fully saturated rings. The lowest BCUT2D eigenvalue weighted by Crippen LogP contribution is -2.08. The van der Waals surface area contributed by atoms with Crippen LogP contribution in [0.4, 0.5) is 0 Å². The summed E-state index contributed by atoms with van der Waals surface area (Å²) >= 11 is 5.94. The van der Waals surface area contributed by atoms with Gasteiger partial charge in [0.2, 0.25) is 0 Å². The van der Waals surface area contributed by atoms with Crippen LogP contribution in [0, 0.1) is 25.2 Å². The third-order valence-electron chi connectivity index (χ3n) is 4.79. The summed E-state index contributed by atoms with van der Waals surface area (Å²) in [6.07, 6.45) is 7.17. The Balaban J connectivity index is 1.99. The second-order valence-electron chi connectivity index (χ2n) is 6.31. The molecule has 0 radical (unpaired) electrons. The zero-order chi connectivity index (χ0) is 16.4. The Bertz CT molecular complexity index is 769. The molecule has 1 heterocycles. The number of nitrogens with zero attached hydrogens (tertiary/aromatic N) is 2. The van der Waals surface area contributed by atoms with Gasteiger partial charge in [-0.25, -0.2) is 0 Å². The van der Waals surface area contributed by atoms with E-state index in [-0.39, 0.29) is 0 Å². The van der Waals surface area contributed by atoms with E-state index >= 15 is 0 Å². The van der Waals surface area contributed by atoms with Crippen molar-refractivity contribution >= 4 is 23.3 Å². The van der Waals surface area contributed by atoms with Crippen LogP contribution < -0.4 is 0 Å². The van der Waals surface area contributed by atoms with Crippen LogP contribution >= 0.6 is 11.6 Å². The largest absolute Gasteiger partial charge is 0.346 e. The zero-order valence-corrected chi connectivity index (χ0v) is 14.4. The normalized spacial score (nSPS) is 15.8. The van der Waals surface area contributed by atoms with Crippen molar-refractivity contribution in [1.82, 2.24) is 4.57 Å². The van der Waals surface area contributed by atoms with E-state index < -0.39 is 0 Å². The summed E-state index contributed by atoms with van der Waals surface area (Å²) in [6.45, 7) is 4.32. The fraction of sp³-hybridized carbons (Fsp3) is 0.350. The Morgan fingerprint density at radius 1 is 1.22 bits per heavy atom. The molecule has 3 rings (SSSR count). The highest BCUT2D eigenvalue weighted by atomic mass is 35.5. The van der Waals surface area contributed by atoms with Crippen LogP contribution in [-0.4, -0.2) is 4.57 Å². The van der Waals surface area contributed by atoms with E-state index in [9.17, 15) is 5.26 Å². The lowest BCUT2D eigenvalue weighted by atomic mass is 10.0. The zero-order valence-electron chi connectivity index (χ0n) is 13.6. The predicted octanol–water partition coefficient (Wildman–Crippen LogP) is 5.94. The highest BCUT2D eigenvalue weighted by Crippen LogP contribution is 2.34. The number of hydrogen-bond acceptors (Lipinski definition) is 1. The minimum atomic E-state index is 0.623. The van der Waals surface area contributed by atoms with Crippen molar-refractivity contribution in [3.05, 3.63) is 57.9 Å². The summed E-state index contributed by atoms with van der Waals surface area (Å²) in [7, 11) is 0. The fourth-order valence-electron chi connectivity index (χ4n) is 3.64. The molecule has 23 heavy (non-hydrogen) atoms. The quantitative estimate of drug-likeness (QED) is 0.642. The molecule has 2 aromatic rings. The van der Waals surface area contributed by atoms with Gasteiger partial charge in [0.05, 0.1) is 11.6 Å². The Labute approximate surface area is 143 Å². The smallest absolute Gasteiger partial charge is 0.0998 e. The van der Waals surface area contributed by atoms with Crippen LogP contribution in [0.25, 0.3) is 11.6 Å². The molecule has 1 aliphatic carbocycles. The standard InChI is InChI=1S/C20H21ClN2/c1-14-11-17(15(2)23(14)20-5-3-4-6-20)12-18(13-22)16-7-9-19(21)10-8-16/h7-12,20H,3-6H2,1-2H3/b18-12-. The van der Waals surface area contributed by atoms with Crippen LogP contribution in [0.15, 0.2) is 30.3 Å². The van der Waals surface area contributed by atoms with Crippen LogP contribution in [0.2, 0.25) is 5.02 Å². The molecule has 0 saturated heterocycles. The minimum Gasteiger partial charge on any atom is -0.346 e. The van der Waals surface area contributed by atoms with E-state index in [0.29, 0.717) is 16.6 Å². The topological polar surface area (TPSA) is 28.7 Å². The van der Waals surface area contributed by atoms with E-state index in [1.54, 1.807) is 0 Å². The molecule has 3 heteroatoms. The van der Waals surface area contributed by atoms with Gasteiger partial charge in [-0.15, -0.1) is 0 Å². The summed E-state index contributed by atoms with van der Waals surface area (Å²) in [5, 5.41) is 10.2. The maximum atomic E-state index is 9.53. The van der Waals surface area contributed by atoms with Gasteiger partial charge in [0.25, 0.3) is 0 Å². The second-order valence-corrected chi connectivity index (χ2v) is 6.75.